The quantitative estimate of drug-likeness (QED) is 0.815. The Bertz CT molecular complexity index is 435. The Labute approximate surface area is 115 Å². The summed E-state index contributed by atoms with van der Waals surface area (Å²) < 4.78 is 22.9. The fraction of sp³-hybridized carbons (Fsp3) is 0.923. The van der Waals surface area contributed by atoms with Crippen LogP contribution in [0.25, 0.3) is 0 Å². The first-order valence-corrected chi connectivity index (χ1v) is 8.94. The zero-order valence-corrected chi connectivity index (χ0v) is 12.4. The van der Waals surface area contributed by atoms with Gasteiger partial charge in [0, 0.05) is 13.1 Å². The molecule has 6 heteroatoms. The van der Waals surface area contributed by atoms with Crippen molar-refractivity contribution in [3.05, 3.63) is 0 Å². The van der Waals surface area contributed by atoms with Gasteiger partial charge in [0.05, 0.1) is 17.4 Å². The third-order valence-electron chi connectivity index (χ3n) is 4.60. The summed E-state index contributed by atoms with van der Waals surface area (Å²) in [5, 5.41) is 0. The third kappa shape index (κ3) is 3.28. The van der Waals surface area contributed by atoms with Gasteiger partial charge in [-0.3, -0.25) is 4.79 Å². The van der Waals surface area contributed by atoms with Gasteiger partial charge in [-0.05, 0) is 31.7 Å². The SMILES string of the molecule is CN(C(=O)C1CCS(=O)(=O)C1)C1CCCCC1CN. The fourth-order valence-corrected chi connectivity index (χ4v) is 5.15. The smallest absolute Gasteiger partial charge is 0.226 e. The average Bonchev–Trinajstić information content (AvgIpc) is 2.77. The fourth-order valence-electron chi connectivity index (χ4n) is 3.41. The number of sulfone groups is 1. The third-order valence-corrected chi connectivity index (χ3v) is 6.37. The molecule has 1 aliphatic heterocycles. The van der Waals surface area contributed by atoms with Crippen molar-refractivity contribution < 1.29 is 13.2 Å². The number of rotatable bonds is 3. The zero-order chi connectivity index (χ0) is 14.0. The summed E-state index contributed by atoms with van der Waals surface area (Å²) in [6.07, 6.45) is 4.84. The summed E-state index contributed by atoms with van der Waals surface area (Å²) >= 11 is 0. The molecule has 2 rings (SSSR count). The maximum Gasteiger partial charge on any atom is 0.226 e. The van der Waals surface area contributed by atoms with Crippen molar-refractivity contribution in [2.24, 2.45) is 17.6 Å². The Morgan fingerprint density at radius 1 is 1.26 bits per heavy atom. The van der Waals surface area contributed by atoms with E-state index < -0.39 is 9.84 Å². The first-order chi connectivity index (χ1) is 8.94. The van der Waals surface area contributed by atoms with Gasteiger partial charge in [0.15, 0.2) is 9.84 Å². The number of amides is 1. The molecule has 3 atom stereocenters. The van der Waals surface area contributed by atoms with Crippen LogP contribution in [0.15, 0.2) is 0 Å². The number of carbonyl (C=O) groups excluding carboxylic acids is 1. The Morgan fingerprint density at radius 3 is 2.53 bits per heavy atom. The second kappa shape index (κ2) is 5.79. The van der Waals surface area contributed by atoms with Crippen LogP contribution in [-0.2, 0) is 14.6 Å². The Hall–Kier alpha value is -0.620. The van der Waals surface area contributed by atoms with E-state index in [4.69, 9.17) is 5.73 Å². The average molecular weight is 288 g/mol. The van der Waals surface area contributed by atoms with E-state index in [1.54, 1.807) is 4.90 Å². The van der Waals surface area contributed by atoms with Gasteiger partial charge in [0.25, 0.3) is 0 Å². The molecule has 1 heterocycles. The minimum Gasteiger partial charge on any atom is -0.342 e. The van der Waals surface area contributed by atoms with Gasteiger partial charge in [0.1, 0.15) is 0 Å². The Kier molecular flexibility index (Phi) is 4.50. The highest BCUT2D eigenvalue weighted by Gasteiger charge is 2.38. The molecule has 1 saturated carbocycles. The lowest BCUT2D eigenvalue weighted by atomic mass is 9.83. The molecule has 2 N–H and O–H groups in total. The molecule has 0 aromatic heterocycles. The maximum absolute atomic E-state index is 12.4. The van der Waals surface area contributed by atoms with Crippen LogP contribution in [0.2, 0.25) is 0 Å². The van der Waals surface area contributed by atoms with Crippen molar-refractivity contribution in [2.45, 2.75) is 38.1 Å². The van der Waals surface area contributed by atoms with Gasteiger partial charge in [-0.2, -0.15) is 0 Å². The summed E-state index contributed by atoms with van der Waals surface area (Å²) in [6, 6.07) is 0.189. The van der Waals surface area contributed by atoms with Gasteiger partial charge in [0.2, 0.25) is 5.91 Å². The summed E-state index contributed by atoms with van der Waals surface area (Å²) in [5.41, 5.74) is 5.79. The monoisotopic (exact) mass is 288 g/mol. The van der Waals surface area contributed by atoms with Gasteiger partial charge in [-0.15, -0.1) is 0 Å². The van der Waals surface area contributed by atoms with Crippen molar-refractivity contribution in [2.75, 3.05) is 25.1 Å². The van der Waals surface area contributed by atoms with Crippen molar-refractivity contribution in [3.63, 3.8) is 0 Å². The van der Waals surface area contributed by atoms with Crippen molar-refractivity contribution in [1.29, 1.82) is 0 Å². The zero-order valence-electron chi connectivity index (χ0n) is 11.5. The topological polar surface area (TPSA) is 80.5 Å². The number of hydrogen-bond donors (Lipinski definition) is 1. The molecule has 1 saturated heterocycles. The minimum atomic E-state index is -3.00. The summed E-state index contributed by atoms with van der Waals surface area (Å²) in [4.78, 5) is 14.2. The number of carbonyl (C=O) groups is 1. The van der Waals surface area contributed by atoms with E-state index in [1.165, 1.54) is 6.42 Å². The molecule has 110 valence electrons. The molecule has 2 aliphatic rings. The van der Waals surface area contributed by atoms with E-state index >= 15 is 0 Å². The molecule has 0 aromatic rings. The van der Waals surface area contributed by atoms with E-state index in [1.807, 2.05) is 7.05 Å². The maximum atomic E-state index is 12.4. The van der Waals surface area contributed by atoms with E-state index in [2.05, 4.69) is 0 Å². The minimum absolute atomic E-state index is 0.00794. The second-order valence-electron chi connectivity index (χ2n) is 5.90. The highest BCUT2D eigenvalue weighted by atomic mass is 32.2. The highest BCUT2D eigenvalue weighted by molar-refractivity contribution is 7.91. The predicted molar refractivity (Wildman–Crippen MR) is 74.3 cm³/mol. The van der Waals surface area contributed by atoms with Crippen LogP contribution in [-0.4, -0.2) is 50.4 Å². The van der Waals surface area contributed by atoms with Crippen molar-refractivity contribution in [1.82, 2.24) is 4.90 Å². The Balaban J connectivity index is 2.02. The molecular weight excluding hydrogens is 264 g/mol. The number of hydrogen-bond acceptors (Lipinski definition) is 4. The van der Waals surface area contributed by atoms with Crippen LogP contribution in [0.4, 0.5) is 0 Å². The molecular formula is C13H24N2O3S. The van der Waals surface area contributed by atoms with Crippen LogP contribution >= 0.6 is 0 Å². The molecule has 0 radical (unpaired) electrons. The van der Waals surface area contributed by atoms with Crippen molar-refractivity contribution in [3.8, 4) is 0 Å². The molecule has 1 amide bonds. The van der Waals surface area contributed by atoms with Gasteiger partial charge in [-0.25, -0.2) is 8.42 Å². The van der Waals surface area contributed by atoms with Crippen LogP contribution in [0.1, 0.15) is 32.1 Å². The number of nitrogens with two attached hydrogens (primary N) is 1. The molecule has 0 aromatic carbocycles. The molecule has 5 nitrogen and oxygen atoms in total. The predicted octanol–water partition coefficient (Wildman–Crippen LogP) is 0.397. The van der Waals surface area contributed by atoms with Crippen LogP contribution in [0.5, 0.6) is 0 Å². The highest BCUT2D eigenvalue weighted by Crippen LogP contribution is 2.29. The molecule has 3 unspecified atom stereocenters. The van der Waals surface area contributed by atoms with Gasteiger partial charge in [-0.1, -0.05) is 12.8 Å². The summed E-state index contributed by atoms with van der Waals surface area (Å²) in [7, 11) is -1.18. The standard InChI is InChI=1S/C13H24N2O3S/c1-15(12-5-3-2-4-10(12)8-14)13(16)11-6-7-19(17,18)9-11/h10-12H,2-9,14H2,1H3. The van der Waals surface area contributed by atoms with Crippen molar-refractivity contribution >= 4 is 15.7 Å². The van der Waals surface area contributed by atoms with E-state index in [0.29, 0.717) is 18.9 Å². The molecule has 0 bridgehead atoms. The van der Waals surface area contributed by atoms with E-state index in [9.17, 15) is 13.2 Å². The lowest BCUT2D eigenvalue weighted by molar-refractivity contribution is -0.137. The van der Waals surface area contributed by atoms with Crippen LogP contribution < -0.4 is 5.73 Å². The summed E-state index contributed by atoms with van der Waals surface area (Å²) in [6.45, 7) is 0.602. The molecule has 2 fully saturated rings. The van der Waals surface area contributed by atoms with Crippen LogP contribution in [0, 0.1) is 11.8 Å². The second-order valence-corrected chi connectivity index (χ2v) is 8.13. The van der Waals surface area contributed by atoms with E-state index in [0.717, 1.165) is 19.3 Å². The largest absolute Gasteiger partial charge is 0.342 e. The number of nitrogens with zero attached hydrogens (tertiary/aromatic N) is 1. The first-order valence-electron chi connectivity index (χ1n) is 7.12. The molecule has 0 spiro atoms. The van der Waals surface area contributed by atoms with Crippen LogP contribution in [0.3, 0.4) is 0 Å². The molecule has 1 aliphatic carbocycles. The Morgan fingerprint density at radius 2 is 1.95 bits per heavy atom. The lowest BCUT2D eigenvalue weighted by Crippen LogP contribution is -2.48. The molecule has 19 heavy (non-hydrogen) atoms. The van der Waals surface area contributed by atoms with Gasteiger partial charge >= 0.3 is 0 Å². The van der Waals surface area contributed by atoms with E-state index in [-0.39, 0.29) is 29.4 Å². The first kappa shape index (κ1) is 14.8. The normalized spacial score (nSPS) is 34.1. The lowest BCUT2D eigenvalue weighted by Gasteiger charge is -2.38. The summed E-state index contributed by atoms with van der Waals surface area (Å²) in [5.74, 6) is 0.195. The van der Waals surface area contributed by atoms with Gasteiger partial charge < -0.3 is 10.6 Å².